The van der Waals surface area contributed by atoms with E-state index in [4.69, 9.17) is 11.0 Å². The Balaban J connectivity index is 2.28. The number of halogens is 1. The van der Waals surface area contributed by atoms with Gasteiger partial charge in [0, 0.05) is 12.6 Å². The Hall–Kier alpha value is -3.07. The first-order valence-electron chi connectivity index (χ1n) is 6.13. The summed E-state index contributed by atoms with van der Waals surface area (Å²) in [5, 5.41) is 14.0. The second kappa shape index (κ2) is 5.92. The summed E-state index contributed by atoms with van der Waals surface area (Å²) in [6.45, 7) is 0. The number of nitrogens with zero attached hydrogens (tertiary/aromatic N) is 1. The molecule has 0 aliphatic rings. The molecule has 5 nitrogen and oxygen atoms in total. The number of hydrogen-bond donors (Lipinski definition) is 3. The van der Waals surface area contributed by atoms with Crippen molar-refractivity contribution >= 4 is 23.0 Å². The van der Waals surface area contributed by atoms with Gasteiger partial charge in [0.05, 0.1) is 28.7 Å². The SMILES string of the molecule is CNC(=O)c1ccc(Nc2ccc(C#N)cc2F)c(N)c1. The fourth-order valence-electron chi connectivity index (χ4n) is 1.79. The van der Waals surface area contributed by atoms with Crippen LogP contribution in [0.4, 0.5) is 21.5 Å². The monoisotopic (exact) mass is 284 g/mol. The summed E-state index contributed by atoms with van der Waals surface area (Å²) >= 11 is 0. The smallest absolute Gasteiger partial charge is 0.251 e. The fraction of sp³-hybridized carbons (Fsp3) is 0.0667. The van der Waals surface area contributed by atoms with Crippen molar-refractivity contribution in [2.45, 2.75) is 0 Å². The average molecular weight is 284 g/mol. The molecule has 0 unspecified atom stereocenters. The van der Waals surface area contributed by atoms with Gasteiger partial charge in [-0.15, -0.1) is 0 Å². The molecular weight excluding hydrogens is 271 g/mol. The second-order valence-electron chi connectivity index (χ2n) is 4.31. The number of carbonyl (C=O) groups is 1. The first-order valence-corrected chi connectivity index (χ1v) is 6.13. The van der Waals surface area contributed by atoms with E-state index in [1.165, 1.54) is 25.2 Å². The quantitative estimate of drug-likeness (QED) is 0.755. The van der Waals surface area contributed by atoms with E-state index in [9.17, 15) is 9.18 Å². The van der Waals surface area contributed by atoms with Crippen LogP contribution in [0.2, 0.25) is 0 Å². The van der Waals surface area contributed by atoms with Crippen LogP contribution in [0.25, 0.3) is 0 Å². The van der Waals surface area contributed by atoms with Crippen LogP contribution >= 0.6 is 0 Å². The Labute approximate surface area is 121 Å². The summed E-state index contributed by atoms with van der Waals surface area (Å²) in [6.07, 6.45) is 0. The number of benzene rings is 2. The molecule has 0 aliphatic heterocycles. The molecule has 0 fully saturated rings. The Bertz CT molecular complexity index is 737. The number of nitrogens with two attached hydrogens (primary N) is 1. The molecule has 0 aliphatic carbocycles. The third-order valence-corrected chi connectivity index (χ3v) is 2.91. The molecule has 106 valence electrons. The summed E-state index contributed by atoms with van der Waals surface area (Å²) in [5.74, 6) is -0.804. The highest BCUT2D eigenvalue weighted by Gasteiger charge is 2.09. The highest BCUT2D eigenvalue weighted by Crippen LogP contribution is 2.26. The van der Waals surface area contributed by atoms with Gasteiger partial charge >= 0.3 is 0 Å². The van der Waals surface area contributed by atoms with E-state index in [1.54, 1.807) is 12.1 Å². The van der Waals surface area contributed by atoms with Gasteiger partial charge in [-0.2, -0.15) is 5.26 Å². The molecule has 1 amide bonds. The normalized spacial score (nSPS) is 9.76. The van der Waals surface area contributed by atoms with Crippen LogP contribution in [-0.2, 0) is 0 Å². The first kappa shape index (κ1) is 14.3. The lowest BCUT2D eigenvalue weighted by atomic mass is 10.1. The van der Waals surface area contributed by atoms with Gasteiger partial charge in [0.1, 0.15) is 5.82 Å². The third kappa shape index (κ3) is 3.09. The van der Waals surface area contributed by atoms with E-state index < -0.39 is 5.82 Å². The molecule has 2 aromatic carbocycles. The molecule has 0 heterocycles. The van der Waals surface area contributed by atoms with Crippen LogP contribution in [0.3, 0.4) is 0 Å². The number of anilines is 3. The van der Waals surface area contributed by atoms with Gasteiger partial charge in [0.2, 0.25) is 0 Å². The highest BCUT2D eigenvalue weighted by molar-refractivity contribution is 5.96. The zero-order chi connectivity index (χ0) is 15.4. The topological polar surface area (TPSA) is 90.9 Å². The predicted molar refractivity (Wildman–Crippen MR) is 78.6 cm³/mol. The van der Waals surface area contributed by atoms with Crippen molar-refractivity contribution in [1.82, 2.24) is 5.32 Å². The average Bonchev–Trinajstić information content (AvgIpc) is 2.50. The number of rotatable bonds is 3. The van der Waals surface area contributed by atoms with Crippen molar-refractivity contribution in [2.24, 2.45) is 0 Å². The zero-order valence-electron chi connectivity index (χ0n) is 11.3. The fourth-order valence-corrected chi connectivity index (χ4v) is 1.79. The summed E-state index contributed by atoms with van der Waals surface area (Å²) in [6, 6.07) is 10.6. The molecule has 0 saturated carbocycles. The van der Waals surface area contributed by atoms with Crippen LogP contribution in [0.15, 0.2) is 36.4 Å². The van der Waals surface area contributed by atoms with Crippen LogP contribution < -0.4 is 16.4 Å². The molecule has 0 bridgehead atoms. The van der Waals surface area contributed by atoms with Gasteiger partial charge < -0.3 is 16.4 Å². The minimum absolute atomic E-state index is 0.202. The minimum atomic E-state index is -0.552. The van der Waals surface area contributed by atoms with Crippen LogP contribution in [0.1, 0.15) is 15.9 Å². The van der Waals surface area contributed by atoms with Gasteiger partial charge in [0.25, 0.3) is 5.91 Å². The van der Waals surface area contributed by atoms with Crippen molar-refractivity contribution in [3.63, 3.8) is 0 Å². The van der Waals surface area contributed by atoms with Crippen molar-refractivity contribution in [1.29, 1.82) is 5.26 Å². The van der Waals surface area contributed by atoms with E-state index in [2.05, 4.69) is 10.6 Å². The van der Waals surface area contributed by atoms with E-state index in [1.807, 2.05) is 6.07 Å². The standard InChI is InChI=1S/C15H13FN4O/c1-19-15(21)10-3-5-14(12(18)7-10)20-13-4-2-9(8-17)6-11(13)16/h2-7,20H,18H2,1H3,(H,19,21). The second-order valence-corrected chi connectivity index (χ2v) is 4.31. The van der Waals surface area contributed by atoms with E-state index in [-0.39, 0.29) is 17.2 Å². The molecule has 0 saturated heterocycles. The number of nitrogen functional groups attached to an aromatic ring is 1. The molecule has 0 aromatic heterocycles. The van der Waals surface area contributed by atoms with Gasteiger partial charge in [-0.25, -0.2) is 4.39 Å². The predicted octanol–water partition coefficient (Wildman–Crippen LogP) is 2.38. The Morgan fingerprint density at radius 3 is 2.52 bits per heavy atom. The highest BCUT2D eigenvalue weighted by atomic mass is 19.1. The van der Waals surface area contributed by atoms with E-state index >= 15 is 0 Å². The molecule has 2 aromatic rings. The number of amides is 1. The summed E-state index contributed by atoms with van der Waals surface area (Å²) in [4.78, 5) is 11.5. The van der Waals surface area contributed by atoms with Crippen molar-refractivity contribution in [2.75, 3.05) is 18.1 Å². The first-order chi connectivity index (χ1) is 10.0. The summed E-state index contributed by atoms with van der Waals surface area (Å²) in [7, 11) is 1.52. The lowest BCUT2D eigenvalue weighted by molar-refractivity contribution is 0.0963. The lowest BCUT2D eigenvalue weighted by Crippen LogP contribution is -2.18. The maximum Gasteiger partial charge on any atom is 0.251 e. The molecule has 0 radical (unpaired) electrons. The number of nitrogens with one attached hydrogen (secondary N) is 2. The van der Waals surface area contributed by atoms with Crippen LogP contribution in [-0.4, -0.2) is 13.0 Å². The maximum atomic E-state index is 13.8. The molecule has 21 heavy (non-hydrogen) atoms. The van der Waals surface area contributed by atoms with Crippen molar-refractivity contribution in [3.05, 3.63) is 53.3 Å². The number of carbonyl (C=O) groups excluding carboxylic acids is 1. The van der Waals surface area contributed by atoms with E-state index in [0.717, 1.165) is 6.07 Å². The lowest BCUT2D eigenvalue weighted by Gasteiger charge is -2.11. The minimum Gasteiger partial charge on any atom is -0.397 e. The molecule has 2 rings (SSSR count). The molecule has 4 N–H and O–H groups in total. The number of hydrogen-bond acceptors (Lipinski definition) is 4. The van der Waals surface area contributed by atoms with Crippen LogP contribution in [0, 0.1) is 17.1 Å². The molecule has 0 atom stereocenters. The number of nitriles is 1. The zero-order valence-corrected chi connectivity index (χ0v) is 11.3. The van der Waals surface area contributed by atoms with Gasteiger partial charge in [0.15, 0.2) is 0 Å². The largest absolute Gasteiger partial charge is 0.397 e. The third-order valence-electron chi connectivity index (χ3n) is 2.91. The van der Waals surface area contributed by atoms with Crippen LogP contribution in [0.5, 0.6) is 0 Å². The van der Waals surface area contributed by atoms with Crippen molar-refractivity contribution in [3.8, 4) is 6.07 Å². The molecule has 0 spiro atoms. The van der Waals surface area contributed by atoms with Gasteiger partial charge in [-0.05, 0) is 36.4 Å². The Morgan fingerprint density at radius 2 is 1.95 bits per heavy atom. The van der Waals surface area contributed by atoms with E-state index in [0.29, 0.717) is 16.9 Å². The Morgan fingerprint density at radius 1 is 1.24 bits per heavy atom. The van der Waals surface area contributed by atoms with Gasteiger partial charge in [-0.1, -0.05) is 0 Å². The summed E-state index contributed by atoms with van der Waals surface area (Å²) in [5.41, 5.74) is 7.50. The Kier molecular flexibility index (Phi) is 4.05. The molecular formula is C15H13FN4O. The van der Waals surface area contributed by atoms with Crippen molar-refractivity contribution < 1.29 is 9.18 Å². The summed E-state index contributed by atoms with van der Waals surface area (Å²) < 4.78 is 13.8. The molecule has 6 heteroatoms. The maximum absolute atomic E-state index is 13.8. The van der Waals surface area contributed by atoms with Gasteiger partial charge in [-0.3, -0.25) is 4.79 Å².